The lowest BCUT2D eigenvalue weighted by atomic mass is 10.00. The first-order chi connectivity index (χ1) is 5.85. The Morgan fingerprint density at radius 3 is 1.29 bits per heavy atom. The molecule has 0 aromatic carbocycles. The van der Waals surface area contributed by atoms with Crippen LogP contribution in [0.25, 0.3) is 0 Å². The number of hydrogen-bond acceptors (Lipinski definition) is 1. The number of hydrogen-bond donors (Lipinski definition) is 0. The largest absolute Gasteiger partial charge is 0.673 e. The highest BCUT2D eigenvalue weighted by Gasteiger charge is 2.31. The molecule has 0 bridgehead atoms. The summed E-state index contributed by atoms with van der Waals surface area (Å²) in [5, 5.41) is 0.363. The van der Waals surface area contributed by atoms with E-state index in [4.69, 9.17) is 0 Å². The van der Waals surface area contributed by atoms with Gasteiger partial charge in [-0.1, -0.05) is 0 Å². The maximum Gasteiger partial charge on any atom is 0.673 e. The third-order valence-electron chi connectivity index (χ3n) is 0.983. The Morgan fingerprint density at radius 2 is 1.29 bits per heavy atom. The molecule has 86 valence electrons. The summed E-state index contributed by atoms with van der Waals surface area (Å²) in [6.07, 6.45) is 3.93. The molecule has 0 aromatic heterocycles. The van der Waals surface area contributed by atoms with Gasteiger partial charge in [0.1, 0.15) is 12.5 Å². The van der Waals surface area contributed by atoms with Crippen LogP contribution in [0.3, 0.4) is 0 Å². The summed E-state index contributed by atoms with van der Waals surface area (Å²) in [6.45, 7) is 5.88. The van der Waals surface area contributed by atoms with Gasteiger partial charge in [0.25, 0.3) is 0 Å². The minimum Gasteiger partial charge on any atom is -0.418 e. The van der Waals surface area contributed by atoms with Gasteiger partial charge in [0.05, 0.1) is 16.3 Å². The second kappa shape index (κ2) is 5.63. The van der Waals surface area contributed by atoms with Crippen LogP contribution in [0.1, 0.15) is 20.8 Å². The first-order valence-electron chi connectivity index (χ1n) is 3.85. The summed E-state index contributed by atoms with van der Waals surface area (Å²) in [7, 11) is -6.07. The average molecular weight is 234 g/mol. The minimum absolute atomic E-state index is 0.0687. The molecule has 0 aliphatic carbocycles. The lowest BCUT2D eigenvalue weighted by Gasteiger charge is -2.11. The summed E-state index contributed by atoms with van der Waals surface area (Å²) in [6, 6.07) is 0. The first kappa shape index (κ1) is 16.2. The van der Waals surface area contributed by atoms with Crippen molar-refractivity contribution in [3.8, 4) is 0 Å². The van der Waals surface area contributed by atoms with Gasteiger partial charge in [-0.2, -0.15) is 0 Å². The second-order valence-corrected chi connectivity index (χ2v) is 5.85. The van der Waals surface area contributed by atoms with Gasteiger partial charge in [0, 0.05) is 0 Å². The molecule has 0 saturated carbocycles. The molecule has 0 rings (SSSR count). The van der Waals surface area contributed by atoms with Crippen molar-refractivity contribution < 1.29 is 22.1 Å². The van der Waals surface area contributed by atoms with Gasteiger partial charge in [-0.05, 0) is 20.8 Å². The van der Waals surface area contributed by atoms with E-state index in [0.717, 1.165) is 0 Å². The van der Waals surface area contributed by atoms with Crippen molar-refractivity contribution in [1.29, 1.82) is 0 Å². The highest BCUT2D eigenvalue weighted by atomic mass is 32.2. The van der Waals surface area contributed by atoms with Crippen molar-refractivity contribution in [2.24, 2.45) is 5.41 Å². The molecular weight excluding hydrogens is 219 g/mol. The van der Waals surface area contributed by atoms with Crippen molar-refractivity contribution in [2.75, 3.05) is 12.5 Å². The third kappa shape index (κ3) is 14.3. The van der Waals surface area contributed by atoms with E-state index in [9.17, 15) is 22.1 Å². The lowest BCUT2D eigenvalue weighted by molar-refractivity contribution is -0.117. The van der Waals surface area contributed by atoms with Crippen LogP contribution in [0, 0.1) is 5.41 Å². The van der Waals surface area contributed by atoms with Gasteiger partial charge in [-0.3, -0.25) is 0 Å². The SMILES string of the molecule is C[S+](C)C(=O)C(C)(C)C.F[B-](F)(F)F. The Bertz CT molecular complexity index is 179. The molecule has 0 atom stereocenters. The quantitative estimate of drug-likeness (QED) is 0.358. The lowest BCUT2D eigenvalue weighted by Crippen LogP contribution is -2.26. The van der Waals surface area contributed by atoms with Gasteiger partial charge >= 0.3 is 12.4 Å². The van der Waals surface area contributed by atoms with E-state index in [2.05, 4.69) is 0 Å². The summed E-state index contributed by atoms with van der Waals surface area (Å²) >= 11 is 0. The van der Waals surface area contributed by atoms with Crippen molar-refractivity contribution in [3.63, 3.8) is 0 Å². The van der Waals surface area contributed by atoms with Gasteiger partial charge in [-0.25, -0.2) is 4.79 Å². The number of carbonyl (C=O) groups excluding carboxylic acids is 1. The normalized spacial score (nSPS) is 12.1. The van der Waals surface area contributed by atoms with E-state index < -0.39 is 7.25 Å². The number of rotatable bonds is 0. The molecule has 1 nitrogen and oxygen atoms in total. The third-order valence-corrected chi connectivity index (χ3v) is 2.34. The van der Waals surface area contributed by atoms with Crippen LogP contribution in [-0.4, -0.2) is 24.9 Å². The maximum absolute atomic E-state index is 11.2. The predicted molar refractivity (Wildman–Crippen MR) is 53.9 cm³/mol. The highest BCUT2D eigenvalue weighted by molar-refractivity contribution is 8.09. The summed E-state index contributed by atoms with van der Waals surface area (Å²) in [4.78, 5) is 11.2. The van der Waals surface area contributed by atoms with Crippen LogP contribution >= 0.6 is 0 Å². The van der Waals surface area contributed by atoms with Crippen molar-refractivity contribution >= 4 is 23.3 Å². The van der Waals surface area contributed by atoms with Crippen LogP contribution in [0.15, 0.2) is 0 Å². The van der Waals surface area contributed by atoms with E-state index in [1.165, 1.54) is 0 Å². The van der Waals surface area contributed by atoms with Crippen LogP contribution in [0.2, 0.25) is 0 Å². The molecular formula is C7H15BF4OS. The Hall–Kier alpha value is -0.195. The number of halogens is 4. The second-order valence-electron chi connectivity index (χ2n) is 3.85. The molecule has 0 aliphatic rings. The standard InChI is InChI=1S/C7H15OS.BF4/c1-7(2,3)6(8)9(4)5;2-1(3,4)5/h1-5H3;/q+1;-1. The van der Waals surface area contributed by atoms with Crippen molar-refractivity contribution in [3.05, 3.63) is 0 Å². The van der Waals surface area contributed by atoms with Gasteiger partial charge in [-0.15, -0.1) is 0 Å². The van der Waals surface area contributed by atoms with Crippen molar-refractivity contribution in [1.82, 2.24) is 0 Å². The fraction of sp³-hybridized carbons (Fsp3) is 0.857. The van der Waals surface area contributed by atoms with E-state index in [1.54, 1.807) is 0 Å². The zero-order chi connectivity index (χ0) is 12.2. The molecule has 0 saturated heterocycles. The molecule has 0 heterocycles. The van der Waals surface area contributed by atoms with E-state index in [1.807, 2.05) is 33.3 Å². The van der Waals surface area contributed by atoms with Gasteiger partial charge in [0.15, 0.2) is 0 Å². The molecule has 0 aromatic rings. The molecule has 0 N–H and O–H groups in total. The van der Waals surface area contributed by atoms with Gasteiger partial charge < -0.3 is 17.3 Å². The Balaban J connectivity index is 0. The molecule has 0 spiro atoms. The highest BCUT2D eigenvalue weighted by Crippen LogP contribution is 2.17. The number of carbonyl (C=O) groups is 1. The molecule has 0 radical (unpaired) electrons. The zero-order valence-electron chi connectivity index (χ0n) is 8.91. The Morgan fingerprint density at radius 1 is 1.07 bits per heavy atom. The van der Waals surface area contributed by atoms with Crippen LogP contribution < -0.4 is 0 Å². The average Bonchev–Trinajstić information content (AvgIpc) is 1.79. The van der Waals surface area contributed by atoms with E-state index >= 15 is 0 Å². The molecule has 14 heavy (non-hydrogen) atoms. The minimum atomic E-state index is -6.00. The van der Waals surface area contributed by atoms with Gasteiger partial charge in [0.2, 0.25) is 0 Å². The molecule has 0 aliphatic heterocycles. The van der Waals surface area contributed by atoms with E-state index in [0.29, 0.717) is 5.12 Å². The zero-order valence-corrected chi connectivity index (χ0v) is 9.72. The molecule has 7 heteroatoms. The Kier molecular flexibility index (Phi) is 6.53. The van der Waals surface area contributed by atoms with E-state index in [-0.39, 0.29) is 16.3 Å². The smallest absolute Gasteiger partial charge is 0.418 e. The fourth-order valence-electron chi connectivity index (χ4n) is 0.612. The molecule has 0 fully saturated rings. The summed E-state index contributed by atoms with van der Waals surface area (Å²) < 4.78 is 39.0. The molecule has 0 amide bonds. The summed E-state index contributed by atoms with van der Waals surface area (Å²) in [5.41, 5.74) is -0.146. The first-order valence-corrected chi connectivity index (χ1v) is 5.89. The van der Waals surface area contributed by atoms with Crippen LogP contribution in [0.4, 0.5) is 17.3 Å². The summed E-state index contributed by atoms with van der Waals surface area (Å²) in [5.74, 6) is 0. The van der Waals surface area contributed by atoms with Crippen LogP contribution in [-0.2, 0) is 15.7 Å². The fourth-order valence-corrected chi connectivity index (χ4v) is 1.84. The maximum atomic E-state index is 11.2. The predicted octanol–water partition coefficient (Wildman–Crippen LogP) is 2.74. The topological polar surface area (TPSA) is 17.1 Å². The van der Waals surface area contributed by atoms with Crippen molar-refractivity contribution in [2.45, 2.75) is 20.8 Å². The Labute approximate surface area is 84.7 Å². The monoisotopic (exact) mass is 234 g/mol. The van der Waals surface area contributed by atoms with Crippen LogP contribution in [0.5, 0.6) is 0 Å². The molecule has 0 unspecified atom stereocenters.